The second-order valence-corrected chi connectivity index (χ2v) is 7.28. The van der Waals surface area contributed by atoms with Crippen LogP contribution < -0.4 is 0 Å². The van der Waals surface area contributed by atoms with Crippen LogP contribution >= 0.6 is 11.3 Å². The number of esters is 1. The van der Waals surface area contributed by atoms with Crippen molar-refractivity contribution in [1.29, 1.82) is 0 Å². The molecule has 2 amide bonds. The van der Waals surface area contributed by atoms with E-state index in [-0.39, 0.29) is 24.2 Å². The summed E-state index contributed by atoms with van der Waals surface area (Å²) in [5.41, 5.74) is 1.31. The van der Waals surface area contributed by atoms with Crippen LogP contribution in [-0.4, -0.2) is 53.8 Å². The molecule has 1 saturated heterocycles. The second-order valence-electron chi connectivity index (χ2n) is 6.34. The Balaban J connectivity index is 1.35. The van der Waals surface area contributed by atoms with Gasteiger partial charge in [0.25, 0.3) is 5.91 Å². The number of benzene rings is 1. The standard InChI is InChI=1S/C19H18N2O4S/c22-17(12-15-13-4-1-2-5-14(13)19(24)25-15)20-7-9-21(10-8-20)18(23)16-6-3-11-26-16/h1-6,11,15H,7-10,12H2. The third-order valence-corrected chi connectivity index (χ3v) is 5.65. The topological polar surface area (TPSA) is 66.9 Å². The van der Waals surface area contributed by atoms with Crippen molar-refractivity contribution in [1.82, 2.24) is 9.80 Å². The molecule has 4 rings (SSSR count). The number of hydrogen-bond acceptors (Lipinski definition) is 5. The zero-order chi connectivity index (χ0) is 18.1. The van der Waals surface area contributed by atoms with Gasteiger partial charge in [0, 0.05) is 31.7 Å². The minimum Gasteiger partial charge on any atom is -0.453 e. The number of amides is 2. The van der Waals surface area contributed by atoms with Crippen LogP contribution in [0.15, 0.2) is 41.8 Å². The zero-order valence-electron chi connectivity index (χ0n) is 14.1. The van der Waals surface area contributed by atoms with Gasteiger partial charge in [-0.1, -0.05) is 24.3 Å². The average molecular weight is 370 g/mol. The number of fused-ring (bicyclic) bond motifs is 1. The van der Waals surface area contributed by atoms with Crippen LogP contribution in [0.4, 0.5) is 0 Å². The first-order valence-corrected chi connectivity index (χ1v) is 9.42. The summed E-state index contributed by atoms with van der Waals surface area (Å²) in [4.78, 5) is 41.1. The Kier molecular flexibility index (Phi) is 4.46. The molecule has 26 heavy (non-hydrogen) atoms. The van der Waals surface area contributed by atoms with Crippen LogP contribution in [0, 0.1) is 0 Å². The number of carbonyl (C=O) groups is 3. The van der Waals surface area contributed by atoms with Gasteiger partial charge in [0.05, 0.1) is 16.9 Å². The fourth-order valence-corrected chi connectivity index (χ4v) is 4.06. The predicted octanol–water partition coefficient (Wildman–Crippen LogP) is 2.33. The normalized spacial score (nSPS) is 19.2. The quantitative estimate of drug-likeness (QED) is 0.778. The van der Waals surface area contributed by atoms with Crippen LogP contribution in [0.5, 0.6) is 0 Å². The molecule has 1 fully saturated rings. The highest BCUT2D eigenvalue weighted by Gasteiger charge is 2.34. The van der Waals surface area contributed by atoms with Gasteiger partial charge in [0.15, 0.2) is 0 Å². The lowest BCUT2D eigenvalue weighted by Crippen LogP contribution is -2.50. The van der Waals surface area contributed by atoms with E-state index < -0.39 is 6.10 Å². The molecule has 0 bridgehead atoms. The highest BCUT2D eigenvalue weighted by atomic mass is 32.1. The largest absolute Gasteiger partial charge is 0.453 e. The Labute approximate surface area is 155 Å². The molecule has 1 aromatic heterocycles. The lowest BCUT2D eigenvalue weighted by molar-refractivity contribution is -0.134. The van der Waals surface area contributed by atoms with E-state index in [0.29, 0.717) is 31.7 Å². The number of ether oxygens (including phenoxy) is 1. The Morgan fingerprint density at radius 3 is 2.50 bits per heavy atom. The number of rotatable bonds is 3. The van der Waals surface area contributed by atoms with Crippen molar-refractivity contribution in [3.63, 3.8) is 0 Å². The Morgan fingerprint density at radius 1 is 1.04 bits per heavy atom. The van der Waals surface area contributed by atoms with E-state index in [1.54, 1.807) is 21.9 Å². The molecule has 0 spiro atoms. The third kappa shape index (κ3) is 3.10. The van der Waals surface area contributed by atoms with Crippen molar-refractivity contribution in [2.45, 2.75) is 12.5 Å². The molecule has 2 aliphatic rings. The Hall–Kier alpha value is -2.67. The van der Waals surface area contributed by atoms with Crippen LogP contribution in [0.25, 0.3) is 0 Å². The number of thiophene rings is 1. The van der Waals surface area contributed by atoms with Crippen molar-refractivity contribution in [2.75, 3.05) is 26.2 Å². The van der Waals surface area contributed by atoms with Gasteiger partial charge in [0.1, 0.15) is 6.10 Å². The van der Waals surface area contributed by atoms with Gasteiger partial charge in [-0.3, -0.25) is 9.59 Å². The summed E-state index contributed by atoms with van der Waals surface area (Å²) in [7, 11) is 0. The van der Waals surface area contributed by atoms with Crippen molar-refractivity contribution < 1.29 is 19.1 Å². The van der Waals surface area contributed by atoms with E-state index in [2.05, 4.69) is 0 Å². The van der Waals surface area contributed by atoms with Gasteiger partial charge in [-0.2, -0.15) is 0 Å². The van der Waals surface area contributed by atoms with E-state index >= 15 is 0 Å². The minimum atomic E-state index is -0.517. The maximum Gasteiger partial charge on any atom is 0.339 e. The summed E-state index contributed by atoms with van der Waals surface area (Å²) in [5.74, 6) is -0.404. The molecule has 0 aliphatic carbocycles. The highest BCUT2D eigenvalue weighted by Crippen LogP contribution is 2.33. The summed E-state index contributed by atoms with van der Waals surface area (Å²) in [5, 5.41) is 1.88. The first-order valence-electron chi connectivity index (χ1n) is 8.54. The molecule has 1 unspecified atom stereocenters. The molecule has 0 N–H and O–H groups in total. The lowest BCUT2D eigenvalue weighted by Gasteiger charge is -2.35. The molecule has 6 nitrogen and oxygen atoms in total. The molecular formula is C19H18N2O4S. The average Bonchev–Trinajstić information content (AvgIpc) is 3.31. The molecule has 2 aromatic rings. The second kappa shape index (κ2) is 6.92. The monoisotopic (exact) mass is 370 g/mol. The minimum absolute atomic E-state index is 0.0192. The van der Waals surface area contributed by atoms with Crippen LogP contribution in [0.2, 0.25) is 0 Å². The summed E-state index contributed by atoms with van der Waals surface area (Å²) in [6.45, 7) is 2.03. The van der Waals surface area contributed by atoms with Gasteiger partial charge in [-0.15, -0.1) is 11.3 Å². The van der Waals surface area contributed by atoms with Gasteiger partial charge >= 0.3 is 5.97 Å². The van der Waals surface area contributed by atoms with E-state index in [0.717, 1.165) is 10.4 Å². The predicted molar refractivity (Wildman–Crippen MR) is 96.0 cm³/mol. The molecule has 134 valence electrons. The number of piperazine rings is 1. The molecule has 2 aliphatic heterocycles. The summed E-state index contributed by atoms with van der Waals surface area (Å²) < 4.78 is 5.35. The lowest BCUT2D eigenvalue weighted by atomic mass is 10.0. The van der Waals surface area contributed by atoms with Gasteiger partial charge < -0.3 is 14.5 Å². The number of carbonyl (C=O) groups excluding carboxylic acids is 3. The first-order chi connectivity index (χ1) is 12.6. The van der Waals surface area contributed by atoms with E-state index in [9.17, 15) is 14.4 Å². The molecule has 3 heterocycles. The first kappa shape index (κ1) is 16.8. The highest BCUT2D eigenvalue weighted by molar-refractivity contribution is 7.12. The fraction of sp³-hybridized carbons (Fsp3) is 0.316. The van der Waals surface area contributed by atoms with Crippen LogP contribution in [0.3, 0.4) is 0 Å². The van der Waals surface area contributed by atoms with Gasteiger partial charge in [-0.25, -0.2) is 4.79 Å². The zero-order valence-corrected chi connectivity index (χ0v) is 14.9. The summed E-state index contributed by atoms with van der Waals surface area (Å²) in [6.07, 6.45) is -0.376. The molecule has 1 aromatic carbocycles. The van der Waals surface area contributed by atoms with Crippen molar-refractivity contribution in [3.05, 3.63) is 57.8 Å². The molecular weight excluding hydrogens is 352 g/mol. The number of hydrogen-bond donors (Lipinski definition) is 0. The smallest absolute Gasteiger partial charge is 0.339 e. The molecule has 1 atom stereocenters. The maximum absolute atomic E-state index is 12.6. The molecule has 0 saturated carbocycles. The van der Waals surface area contributed by atoms with Gasteiger partial charge in [-0.05, 0) is 17.5 Å². The van der Waals surface area contributed by atoms with Crippen molar-refractivity contribution >= 4 is 29.1 Å². The SMILES string of the molecule is O=C1OC(CC(=O)N2CCN(C(=O)c3cccs3)CC2)c2ccccc21. The van der Waals surface area contributed by atoms with Crippen molar-refractivity contribution in [2.24, 2.45) is 0 Å². The Morgan fingerprint density at radius 2 is 1.77 bits per heavy atom. The van der Waals surface area contributed by atoms with Crippen molar-refractivity contribution in [3.8, 4) is 0 Å². The van der Waals surface area contributed by atoms with Crippen LogP contribution in [0.1, 0.15) is 38.1 Å². The molecule has 0 radical (unpaired) electrons. The maximum atomic E-state index is 12.6. The summed E-state index contributed by atoms with van der Waals surface area (Å²) >= 11 is 1.43. The molecule has 7 heteroatoms. The number of cyclic esters (lactones) is 1. The van der Waals surface area contributed by atoms with E-state index in [4.69, 9.17) is 4.74 Å². The fourth-order valence-electron chi connectivity index (χ4n) is 3.37. The summed E-state index contributed by atoms with van der Waals surface area (Å²) in [6, 6.07) is 10.9. The number of nitrogens with zero attached hydrogens (tertiary/aromatic N) is 2. The van der Waals surface area contributed by atoms with Gasteiger partial charge in [0.2, 0.25) is 5.91 Å². The van der Waals surface area contributed by atoms with Crippen LogP contribution in [-0.2, 0) is 9.53 Å². The third-order valence-electron chi connectivity index (χ3n) is 4.79. The van der Waals surface area contributed by atoms with E-state index in [1.807, 2.05) is 29.6 Å². The Bertz CT molecular complexity index is 841. The van der Waals surface area contributed by atoms with E-state index in [1.165, 1.54) is 11.3 Å².